The minimum atomic E-state index is -0.149. The van der Waals surface area contributed by atoms with Crippen molar-refractivity contribution in [3.05, 3.63) is 29.8 Å². The number of hydrogen-bond donors (Lipinski definition) is 3. The smallest absolute Gasteiger partial charge is 0.251 e. The predicted molar refractivity (Wildman–Crippen MR) is 137 cm³/mol. The van der Waals surface area contributed by atoms with Crippen molar-refractivity contribution in [2.24, 2.45) is 10.9 Å². The van der Waals surface area contributed by atoms with E-state index >= 15 is 0 Å². The number of halogens is 1. The van der Waals surface area contributed by atoms with Crippen molar-refractivity contribution in [1.29, 1.82) is 0 Å². The van der Waals surface area contributed by atoms with Gasteiger partial charge < -0.3 is 25.6 Å². The number of rotatable bonds is 8. The van der Waals surface area contributed by atoms with E-state index in [-0.39, 0.29) is 41.8 Å². The highest BCUT2D eigenvalue weighted by Crippen LogP contribution is 2.27. The van der Waals surface area contributed by atoms with Gasteiger partial charge in [0, 0.05) is 43.7 Å². The van der Waals surface area contributed by atoms with E-state index in [9.17, 15) is 9.59 Å². The van der Waals surface area contributed by atoms with Gasteiger partial charge in [0.15, 0.2) is 5.96 Å². The molecule has 8 nitrogen and oxygen atoms in total. The van der Waals surface area contributed by atoms with Crippen molar-refractivity contribution in [1.82, 2.24) is 20.9 Å². The Morgan fingerprint density at radius 3 is 2.69 bits per heavy atom. The molecule has 1 saturated heterocycles. The summed E-state index contributed by atoms with van der Waals surface area (Å²) in [6, 6.07) is 7.27. The summed E-state index contributed by atoms with van der Waals surface area (Å²) in [7, 11) is 1.58. The molecule has 0 radical (unpaired) electrons. The van der Waals surface area contributed by atoms with E-state index in [1.807, 2.05) is 11.8 Å². The molecule has 32 heavy (non-hydrogen) atoms. The maximum atomic E-state index is 12.6. The van der Waals surface area contributed by atoms with Gasteiger partial charge in [-0.05, 0) is 44.4 Å². The zero-order valence-corrected chi connectivity index (χ0v) is 21.4. The molecule has 2 aliphatic rings. The van der Waals surface area contributed by atoms with Crippen LogP contribution in [-0.2, 0) is 4.79 Å². The lowest BCUT2D eigenvalue weighted by atomic mass is 10.1. The van der Waals surface area contributed by atoms with Gasteiger partial charge in [-0.25, -0.2) is 0 Å². The molecule has 0 bridgehead atoms. The minimum Gasteiger partial charge on any atom is -0.497 e. The Balaban J connectivity index is 0.00000363. The van der Waals surface area contributed by atoms with E-state index in [0.29, 0.717) is 30.3 Å². The van der Waals surface area contributed by atoms with Crippen LogP contribution in [0.5, 0.6) is 5.75 Å². The number of carbonyl (C=O) groups is 2. The number of ether oxygens (including phenoxy) is 1. The van der Waals surface area contributed by atoms with Crippen molar-refractivity contribution in [2.45, 2.75) is 45.1 Å². The number of benzene rings is 1. The average Bonchev–Trinajstić information content (AvgIpc) is 3.49. The summed E-state index contributed by atoms with van der Waals surface area (Å²) in [6.45, 7) is 5.20. The molecule has 3 N–H and O–H groups in total. The normalized spacial score (nSPS) is 18.8. The fraction of sp³-hybridized carbons (Fsp3) is 0.609. The highest BCUT2D eigenvalue weighted by molar-refractivity contribution is 14.0. The van der Waals surface area contributed by atoms with Crippen LogP contribution < -0.4 is 20.7 Å². The third-order valence-electron chi connectivity index (χ3n) is 5.89. The van der Waals surface area contributed by atoms with Gasteiger partial charge in [0.1, 0.15) is 5.75 Å². The number of guanidine groups is 1. The van der Waals surface area contributed by atoms with Crippen molar-refractivity contribution in [2.75, 3.05) is 39.8 Å². The fourth-order valence-electron chi connectivity index (χ4n) is 4.23. The van der Waals surface area contributed by atoms with E-state index in [2.05, 4.69) is 20.9 Å². The number of carbonyl (C=O) groups excluding carboxylic acids is 2. The Bertz CT molecular complexity index is 783. The molecule has 9 heteroatoms. The lowest BCUT2D eigenvalue weighted by molar-refractivity contribution is -0.134. The second kappa shape index (κ2) is 13.5. The SMILES string of the molecule is CCNC(=NCCNC(=O)c1cccc(OC)c1)NC1CCN(C(=O)C2CCCC2)C1.I. The largest absolute Gasteiger partial charge is 0.497 e. The maximum absolute atomic E-state index is 12.6. The molecule has 2 fully saturated rings. The second-order valence-corrected chi connectivity index (χ2v) is 8.14. The molecule has 1 saturated carbocycles. The van der Waals surface area contributed by atoms with Gasteiger partial charge in [-0.3, -0.25) is 14.6 Å². The molecule has 0 aromatic heterocycles. The molecule has 1 aliphatic carbocycles. The van der Waals surface area contributed by atoms with Gasteiger partial charge >= 0.3 is 0 Å². The zero-order chi connectivity index (χ0) is 22.1. The molecule has 178 valence electrons. The van der Waals surface area contributed by atoms with E-state index in [0.717, 1.165) is 44.9 Å². The molecule has 1 heterocycles. The Hall–Kier alpha value is -2.04. The lowest BCUT2D eigenvalue weighted by Crippen LogP contribution is -2.45. The topological polar surface area (TPSA) is 95.1 Å². The molecule has 0 spiro atoms. The van der Waals surface area contributed by atoms with Gasteiger partial charge in [0.25, 0.3) is 5.91 Å². The first-order valence-electron chi connectivity index (χ1n) is 11.4. The van der Waals surface area contributed by atoms with Gasteiger partial charge in [-0.2, -0.15) is 0 Å². The maximum Gasteiger partial charge on any atom is 0.251 e. The van der Waals surface area contributed by atoms with Crippen molar-refractivity contribution < 1.29 is 14.3 Å². The fourth-order valence-corrected chi connectivity index (χ4v) is 4.23. The molecular formula is C23H36IN5O3. The first-order valence-corrected chi connectivity index (χ1v) is 11.4. The number of methoxy groups -OCH3 is 1. The lowest BCUT2D eigenvalue weighted by Gasteiger charge is -2.21. The van der Waals surface area contributed by atoms with Gasteiger partial charge in [-0.15, -0.1) is 24.0 Å². The van der Waals surface area contributed by atoms with Crippen LogP contribution >= 0.6 is 24.0 Å². The van der Waals surface area contributed by atoms with Crippen LogP contribution in [0.15, 0.2) is 29.3 Å². The first-order chi connectivity index (χ1) is 15.1. The van der Waals surface area contributed by atoms with E-state index < -0.39 is 0 Å². The quantitative estimate of drug-likeness (QED) is 0.198. The average molecular weight is 557 g/mol. The molecule has 1 atom stereocenters. The van der Waals surface area contributed by atoms with Crippen LogP contribution in [-0.4, -0.2) is 68.5 Å². The summed E-state index contributed by atoms with van der Waals surface area (Å²) >= 11 is 0. The van der Waals surface area contributed by atoms with Crippen LogP contribution in [0.3, 0.4) is 0 Å². The monoisotopic (exact) mass is 557 g/mol. The highest BCUT2D eigenvalue weighted by Gasteiger charge is 2.32. The Morgan fingerprint density at radius 1 is 1.19 bits per heavy atom. The Morgan fingerprint density at radius 2 is 1.97 bits per heavy atom. The molecular weight excluding hydrogens is 521 g/mol. The van der Waals surface area contributed by atoms with Gasteiger partial charge in [0.2, 0.25) is 5.91 Å². The summed E-state index contributed by atoms with van der Waals surface area (Å²) in [5.74, 6) is 1.78. The molecule has 3 rings (SSSR count). The number of nitrogens with one attached hydrogen (secondary N) is 3. The van der Waals surface area contributed by atoms with Gasteiger partial charge in [-0.1, -0.05) is 18.9 Å². The number of aliphatic imine (C=N–C) groups is 1. The van der Waals surface area contributed by atoms with Crippen LogP contribution in [0.2, 0.25) is 0 Å². The molecule has 1 aromatic rings. The third kappa shape index (κ3) is 7.53. The minimum absolute atomic E-state index is 0. The van der Waals surface area contributed by atoms with Crippen LogP contribution in [0.1, 0.15) is 49.4 Å². The Labute approximate surface area is 208 Å². The first kappa shape index (κ1) is 26.2. The van der Waals surface area contributed by atoms with E-state index in [1.165, 1.54) is 12.8 Å². The standard InChI is InChI=1S/C23H35N5O3.HI/c1-3-24-23(26-13-12-25-21(29)18-9-6-10-20(15-18)31-2)27-19-11-14-28(16-19)22(30)17-7-4-5-8-17;/h6,9-10,15,17,19H,3-5,7-8,11-14,16H2,1-2H3,(H,25,29)(H2,24,26,27);1H. The molecule has 1 unspecified atom stereocenters. The summed E-state index contributed by atoms with van der Waals surface area (Å²) in [6.07, 6.45) is 5.36. The zero-order valence-electron chi connectivity index (χ0n) is 19.1. The van der Waals surface area contributed by atoms with Crippen LogP contribution in [0.25, 0.3) is 0 Å². The van der Waals surface area contributed by atoms with E-state index in [1.54, 1.807) is 31.4 Å². The molecule has 1 aliphatic heterocycles. The third-order valence-corrected chi connectivity index (χ3v) is 5.89. The van der Waals surface area contributed by atoms with Crippen LogP contribution in [0.4, 0.5) is 0 Å². The molecule has 1 aromatic carbocycles. The van der Waals surface area contributed by atoms with Crippen LogP contribution in [0, 0.1) is 5.92 Å². The van der Waals surface area contributed by atoms with Gasteiger partial charge in [0.05, 0.1) is 13.7 Å². The second-order valence-electron chi connectivity index (χ2n) is 8.14. The Kier molecular flexibility index (Phi) is 11.1. The summed E-state index contributed by atoms with van der Waals surface area (Å²) in [5, 5.41) is 9.58. The van der Waals surface area contributed by atoms with Crippen molar-refractivity contribution in [3.63, 3.8) is 0 Å². The number of nitrogens with zero attached hydrogens (tertiary/aromatic N) is 2. The van der Waals surface area contributed by atoms with E-state index in [4.69, 9.17) is 4.74 Å². The summed E-state index contributed by atoms with van der Waals surface area (Å²) in [5.41, 5.74) is 0.561. The highest BCUT2D eigenvalue weighted by atomic mass is 127. The number of amides is 2. The summed E-state index contributed by atoms with van der Waals surface area (Å²) < 4.78 is 5.16. The van der Waals surface area contributed by atoms with Crippen molar-refractivity contribution in [3.8, 4) is 5.75 Å². The number of likely N-dealkylation sites (tertiary alicyclic amines) is 1. The molecule has 2 amide bonds. The van der Waals surface area contributed by atoms with Crippen molar-refractivity contribution >= 4 is 41.8 Å². The predicted octanol–water partition coefficient (Wildman–Crippen LogP) is 2.39. The number of hydrogen-bond acceptors (Lipinski definition) is 4. The summed E-state index contributed by atoms with van der Waals surface area (Å²) in [4.78, 5) is 31.5.